The molecule has 1 saturated heterocycles. The molecule has 1 aromatic carbocycles. The lowest BCUT2D eigenvalue weighted by atomic mass is 10.1. The van der Waals surface area contributed by atoms with Crippen LogP contribution in [0.5, 0.6) is 0 Å². The van der Waals surface area contributed by atoms with Crippen molar-refractivity contribution in [1.82, 2.24) is 20.1 Å². The summed E-state index contributed by atoms with van der Waals surface area (Å²) in [4.78, 5) is 18.3. The van der Waals surface area contributed by atoms with Gasteiger partial charge in [-0.05, 0) is 31.4 Å². The SMILES string of the molecule is O=C(c1ccc(-c2ncn[nH]2)cc1)N1CCCCC1. The van der Waals surface area contributed by atoms with E-state index in [-0.39, 0.29) is 5.91 Å². The molecule has 1 aliphatic heterocycles. The highest BCUT2D eigenvalue weighted by Crippen LogP contribution is 2.17. The lowest BCUT2D eigenvalue weighted by Crippen LogP contribution is -2.35. The molecule has 1 aliphatic rings. The molecule has 98 valence electrons. The number of likely N-dealkylation sites (tertiary alicyclic amines) is 1. The molecule has 2 heterocycles. The van der Waals surface area contributed by atoms with Crippen molar-refractivity contribution in [3.8, 4) is 11.4 Å². The second-order valence-corrected chi connectivity index (χ2v) is 4.76. The maximum Gasteiger partial charge on any atom is 0.253 e. The van der Waals surface area contributed by atoms with E-state index in [0.717, 1.165) is 42.9 Å². The van der Waals surface area contributed by atoms with E-state index >= 15 is 0 Å². The van der Waals surface area contributed by atoms with E-state index in [1.165, 1.54) is 12.7 Å². The molecule has 1 aromatic heterocycles. The van der Waals surface area contributed by atoms with Crippen molar-refractivity contribution in [1.29, 1.82) is 0 Å². The molecule has 3 rings (SSSR count). The van der Waals surface area contributed by atoms with Gasteiger partial charge in [0.15, 0.2) is 5.82 Å². The summed E-state index contributed by atoms with van der Waals surface area (Å²) in [6, 6.07) is 7.51. The van der Waals surface area contributed by atoms with E-state index in [9.17, 15) is 4.79 Å². The van der Waals surface area contributed by atoms with Crippen molar-refractivity contribution in [2.45, 2.75) is 19.3 Å². The summed E-state index contributed by atoms with van der Waals surface area (Å²) in [5.41, 5.74) is 1.68. The molecule has 0 bridgehead atoms. The highest BCUT2D eigenvalue weighted by molar-refractivity contribution is 5.94. The lowest BCUT2D eigenvalue weighted by Gasteiger charge is -2.26. The van der Waals surface area contributed by atoms with Crippen LogP contribution in [0.25, 0.3) is 11.4 Å². The monoisotopic (exact) mass is 256 g/mol. The largest absolute Gasteiger partial charge is 0.339 e. The van der Waals surface area contributed by atoms with Gasteiger partial charge in [-0.2, -0.15) is 5.10 Å². The molecule has 1 amide bonds. The highest BCUT2D eigenvalue weighted by atomic mass is 16.2. The molecule has 1 N–H and O–H groups in total. The third-order valence-electron chi connectivity index (χ3n) is 3.46. The molecule has 0 radical (unpaired) electrons. The van der Waals surface area contributed by atoms with Crippen LogP contribution in [0.4, 0.5) is 0 Å². The number of nitrogens with one attached hydrogen (secondary N) is 1. The molecule has 2 aromatic rings. The first kappa shape index (κ1) is 11.9. The molecule has 0 saturated carbocycles. The van der Waals surface area contributed by atoms with Gasteiger partial charge in [0.25, 0.3) is 5.91 Å². The van der Waals surface area contributed by atoms with Gasteiger partial charge in [-0.25, -0.2) is 4.98 Å². The molecule has 5 heteroatoms. The highest BCUT2D eigenvalue weighted by Gasteiger charge is 2.17. The van der Waals surface area contributed by atoms with Crippen molar-refractivity contribution in [3.63, 3.8) is 0 Å². The van der Waals surface area contributed by atoms with E-state index in [4.69, 9.17) is 0 Å². The smallest absolute Gasteiger partial charge is 0.253 e. The third kappa shape index (κ3) is 2.50. The van der Waals surface area contributed by atoms with Crippen LogP contribution in [-0.2, 0) is 0 Å². The number of hydrogen-bond donors (Lipinski definition) is 1. The predicted octanol–water partition coefficient (Wildman–Crippen LogP) is 2.10. The molecule has 0 aliphatic carbocycles. The number of amides is 1. The Morgan fingerprint density at radius 3 is 2.47 bits per heavy atom. The Balaban J connectivity index is 1.76. The first-order valence-electron chi connectivity index (χ1n) is 6.60. The lowest BCUT2D eigenvalue weighted by molar-refractivity contribution is 0.0724. The summed E-state index contributed by atoms with van der Waals surface area (Å²) in [6.07, 6.45) is 4.93. The van der Waals surface area contributed by atoms with E-state index in [1.54, 1.807) is 0 Å². The molecule has 1 fully saturated rings. The van der Waals surface area contributed by atoms with Gasteiger partial charge in [-0.3, -0.25) is 9.89 Å². The number of H-pyrrole nitrogens is 1. The van der Waals surface area contributed by atoms with Crippen LogP contribution >= 0.6 is 0 Å². The maximum absolute atomic E-state index is 12.3. The summed E-state index contributed by atoms with van der Waals surface area (Å²) in [5.74, 6) is 0.848. The van der Waals surface area contributed by atoms with E-state index in [2.05, 4.69) is 15.2 Å². The van der Waals surface area contributed by atoms with Crippen molar-refractivity contribution in [3.05, 3.63) is 36.2 Å². The van der Waals surface area contributed by atoms with E-state index in [1.807, 2.05) is 29.2 Å². The summed E-state index contributed by atoms with van der Waals surface area (Å²) in [7, 11) is 0. The zero-order valence-corrected chi connectivity index (χ0v) is 10.7. The summed E-state index contributed by atoms with van der Waals surface area (Å²) in [6.45, 7) is 1.76. The number of rotatable bonds is 2. The van der Waals surface area contributed by atoms with Gasteiger partial charge in [-0.1, -0.05) is 12.1 Å². The van der Waals surface area contributed by atoms with Crippen molar-refractivity contribution in [2.75, 3.05) is 13.1 Å². The number of benzene rings is 1. The Hall–Kier alpha value is -2.17. The van der Waals surface area contributed by atoms with Gasteiger partial charge in [0, 0.05) is 24.2 Å². The van der Waals surface area contributed by atoms with Crippen LogP contribution in [0, 0.1) is 0 Å². The van der Waals surface area contributed by atoms with Crippen LogP contribution in [-0.4, -0.2) is 39.1 Å². The minimum atomic E-state index is 0.129. The van der Waals surface area contributed by atoms with Crippen molar-refractivity contribution >= 4 is 5.91 Å². The van der Waals surface area contributed by atoms with Gasteiger partial charge in [-0.15, -0.1) is 0 Å². The Kier molecular flexibility index (Phi) is 3.27. The van der Waals surface area contributed by atoms with Crippen LogP contribution < -0.4 is 0 Å². The minimum Gasteiger partial charge on any atom is -0.339 e. The fourth-order valence-corrected chi connectivity index (χ4v) is 2.39. The van der Waals surface area contributed by atoms with E-state index in [0.29, 0.717) is 0 Å². The van der Waals surface area contributed by atoms with Crippen LogP contribution in [0.1, 0.15) is 29.6 Å². The first-order valence-corrected chi connectivity index (χ1v) is 6.60. The minimum absolute atomic E-state index is 0.129. The Labute approximate surface area is 111 Å². The summed E-state index contributed by atoms with van der Waals surface area (Å²) < 4.78 is 0. The molecular weight excluding hydrogens is 240 g/mol. The zero-order valence-electron chi connectivity index (χ0n) is 10.7. The number of carbonyl (C=O) groups excluding carboxylic acids is 1. The maximum atomic E-state index is 12.3. The molecule has 0 spiro atoms. The Morgan fingerprint density at radius 2 is 1.84 bits per heavy atom. The van der Waals surface area contributed by atoms with Crippen molar-refractivity contribution in [2.24, 2.45) is 0 Å². The van der Waals surface area contributed by atoms with Gasteiger partial charge < -0.3 is 4.90 Å². The molecule has 19 heavy (non-hydrogen) atoms. The summed E-state index contributed by atoms with van der Waals surface area (Å²) in [5, 5.41) is 6.63. The predicted molar refractivity (Wildman–Crippen MR) is 71.6 cm³/mol. The average molecular weight is 256 g/mol. The molecule has 0 unspecified atom stereocenters. The molecule has 5 nitrogen and oxygen atoms in total. The van der Waals surface area contributed by atoms with E-state index < -0.39 is 0 Å². The molecule has 0 atom stereocenters. The van der Waals surface area contributed by atoms with Gasteiger partial charge in [0.05, 0.1) is 0 Å². The number of aromatic amines is 1. The number of carbonyl (C=O) groups is 1. The zero-order chi connectivity index (χ0) is 13.1. The van der Waals surface area contributed by atoms with Gasteiger partial charge in [0.2, 0.25) is 0 Å². The van der Waals surface area contributed by atoms with Crippen molar-refractivity contribution < 1.29 is 4.79 Å². The quantitative estimate of drug-likeness (QED) is 0.895. The Bertz CT molecular complexity index is 541. The van der Waals surface area contributed by atoms with Crippen LogP contribution in [0.15, 0.2) is 30.6 Å². The second kappa shape index (κ2) is 5.22. The number of hydrogen-bond acceptors (Lipinski definition) is 3. The van der Waals surface area contributed by atoms with Gasteiger partial charge >= 0.3 is 0 Å². The number of nitrogens with zero attached hydrogens (tertiary/aromatic N) is 3. The standard InChI is InChI=1S/C14H16N4O/c19-14(18-8-2-1-3-9-18)12-6-4-11(5-7-12)13-15-10-16-17-13/h4-7,10H,1-3,8-9H2,(H,15,16,17). The average Bonchev–Trinajstić information content (AvgIpc) is 3.02. The number of piperidine rings is 1. The summed E-state index contributed by atoms with van der Waals surface area (Å²) >= 11 is 0. The topological polar surface area (TPSA) is 61.9 Å². The number of aromatic nitrogens is 3. The first-order chi connectivity index (χ1) is 9.34. The fraction of sp³-hybridized carbons (Fsp3) is 0.357. The third-order valence-corrected chi connectivity index (χ3v) is 3.46. The normalized spacial score (nSPS) is 15.5. The fourth-order valence-electron chi connectivity index (χ4n) is 2.39. The molecular formula is C14H16N4O. The van der Waals surface area contributed by atoms with Crippen LogP contribution in [0.2, 0.25) is 0 Å². The van der Waals surface area contributed by atoms with Gasteiger partial charge in [0.1, 0.15) is 6.33 Å². The van der Waals surface area contributed by atoms with Crippen LogP contribution in [0.3, 0.4) is 0 Å². The Morgan fingerprint density at radius 1 is 1.11 bits per heavy atom. The second-order valence-electron chi connectivity index (χ2n) is 4.76.